The van der Waals surface area contributed by atoms with Crippen LogP contribution in [0.15, 0.2) is 35.0 Å². The number of amides is 1. The lowest BCUT2D eigenvalue weighted by Gasteiger charge is -2.44. The van der Waals surface area contributed by atoms with Crippen molar-refractivity contribution in [3.63, 3.8) is 0 Å². The number of rotatable bonds is 3. The van der Waals surface area contributed by atoms with E-state index in [1.807, 2.05) is 13.8 Å². The molecule has 2 atom stereocenters. The summed E-state index contributed by atoms with van der Waals surface area (Å²) in [5, 5.41) is 0.129. The lowest BCUT2D eigenvalue weighted by atomic mass is 10.0. The van der Waals surface area contributed by atoms with Crippen molar-refractivity contribution in [2.45, 2.75) is 50.0 Å². The Bertz CT molecular complexity index is 1240. The standard InChI is InChI=1S/C23H24F4N4O2S/c1-5-17(32)31-12(2)10-29(11-13(31)3)21-15-9-16(23(25,26)27)18(14(4)24)20-19(15)30(22(33)28-21)7-6-8-34-20/h5,9,12-13H,1,4,6-8,10-11H2,2-3H3. The molecule has 2 aliphatic heterocycles. The van der Waals surface area contributed by atoms with E-state index < -0.39 is 28.8 Å². The summed E-state index contributed by atoms with van der Waals surface area (Å²) < 4.78 is 57.9. The van der Waals surface area contributed by atoms with Crippen LogP contribution in [-0.4, -0.2) is 51.3 Å². The molecule has 1 aromatic carbocycles. The number of hydrogen-bond donors (Lipinski definition) is 0. The first-order valence-electron chi connectivity index (χ1n) is 10.8. The molecule has 2 aromatic rings. The molecule has 1 saturated heterocycles. The van der Waals surface area contributed by atoms with Gasteiger partial charge in [0.25, 0.3) is 0 Å². The van der Waals surface area contributed by atoms with Crippen LogP contribution in [0.2, 0.25) is 0 Å². The van der Waals surface area contributed by atoms with Gasteiger partial charge in [-0.1, -0.05) is 13.2 Å². The molecule has 6 nitrogen and oxygen atoms in total. The summed E-state index contributed by atoms with van der Waals surface area (Å²) in [5.74, 6) is -0.924. The van der Waals surface area contributed by atoms with Gasteiger partial charge in [-0.05, 0) is 38.2 Å². The maximum absolute atomic E-state index is 14.4. The van der Waals surface area contributed by atoms with E-state index in [1.54, 1.807) is 9.80 Å². The summed E-state index contributed by atoms with van der Waals surface area (Å²) in [7, 11) is 0. The van der Waals surface area contributed by atoms with Crippen molar-refractivity contribution >= 4 is 40.2 Å². The molecule has 0 radical (unpaired) electrons. The van der Waals surface area contributed by atoms with Crippen molar-refractivity contribution in [1.82, 2.24) is 14.5 Å². The Morgan fingerprint density at radius 1 is 1.26 bits per heavy atom. The van der Waals surface area contributed by atoms with Gasteiger partial charge in [0.2, 0.25) is 5.91 Å². The number of nitrogens with zero attached hydrogens (tertiary/aromatic N) is 4. The maximum Gasteiger partial charge on any atom is 0.417 e. The lowest BCUT2D eigenvalue weighted by molar-refractivity contribution is -0.138. The molecule has 4 rings (SSSR count). The number of halogens is 4. The van der Waals surface area contributed by atoms with Crippen molar-refractivity contribution in [2.24, 2.45) is 0 Å². The summed E-state index contributed by atoms with van der Waals surface area (Å²) >= 11 is 1.09. The molecule has 3 heterocycles. The fourth-order valence-electron chi connectivity index (χ4n) is 4.91. The number of benzene rings is 1. The molecule has 1 fully saturated rings. The summed E-state index contributed by atoms with van der Waals surface area (Å²) in [4.78, 5) is 32.9. The number of piperazine rings is 1. The minimum atomic E-state index is -4.84. The highest BCUT2D eigenvalue weighted by atomic mass is 32.2. The molecular weight excluding hydrogens is 472 g/mol. The second-order valence-corrected chi connectivity index (χ2v) is 9.66. The van der Waals surface area contributed by atoms with Crippen molar-refractivity contribution < 1.29 is 22.4 Å². The molecular formula is C23H24F4N4O2S. The predicted octanol–water partition coefficient (Wildman–Crippen LogP) is 4.46. The Hall–Kier alpha value is -2.82. The third kappa shape index (κ3) is 3.99. The van der Waals surface area contributed by atoms with E-state index in [-0.39, 0.29) is 59.2 Å². The molecule has 0 aliphatic carbocycles. The Morgan fingerprint density at radius 2 is 1.91 bits per heavy atom. The average molecular weight is 497 g/mol. The number of alkyl halides is 3. The second-order valence-electron chi connectivity index (χ2n) is 8.55. The average Bonchev–Trinajstić information content (AvgIpc) is 2.98. The Balaban J connectivity index is 2.00. The molecule has 182 valence electrons. The molecule has 0 N–H and O–H groups in total. The van der Waals surface area contributed by atoms with Crippen molar-refractivity contribution in [2.75, 3.05) is 23.7 Å². The van der Waals surface area contributed by atoms with Crippen LogP contribution in [-0.2, 0) is 17.5 Å². The highest BCUT2D eigenvalue weighted by Gasteiger charge is 2.39. The fraction of sp³-hybridized carbons (Fsp3) is 0.435. The summed E-state index contributed by atoms with van der Waals surface area (Å²) in [6.07, 6.45) is -3.10. The zero-order valence-corrected chi connectivity index (χ0v) is 19.6. The minimum absolute atomic E-state index is 0.0529. The first-order chi connectivity index (χ1) is 16.0. The summed E-state index contributed by atoms with van der Waals surface area (Å²) in [6, 6.07) is 0.273. The number of aryl methyl sites for hydroxylation is 1. The van der Waals surface area contributed by atoms with Crippen LogP contribution in [0.5, 0.6) is 0 Å². The van der Waals surface area contributed by atoms with Gasteiger partial charge in [0.1, 0.15) is 11.6 Å². The lowest BCUT2D eigenvalue weighted by Crippen LogP contribution is -2.58. The monoisotopic (exact) mass is 496 g/mol. The van der Waals surface area contributed by atoms with Gasteiger partial charge in [-0.25, -0.2) is 9.18 Å². The van der Waals surface area contributed by atoms with Crippen molar-refractivity contribution in [1.29, 1.82) is 0 Å². The quantitative estimate of drug-likeness (QED) is 0.464. The highest BCUT2D eigenvalue weighted by molar-refractivity contribution is 7.99. The summed E-state index contributed by atoms with van der Waals surface area (Å²) in [5.41, 5.74) is -2.14. The third-order valence-electron chi connectivity index (χ3n) is 6.20. The molecule has 2 aliphatic rings. The predicted molar refractivity (Wildman–Crippen MR) is 125 cm³/mol. The molecule has 2 unspecified atom stereocenters. The number of carbonyl (C=O) groups excluding carboxylic acids is 1. The largest absolute Gasteiger partial charge is 0.417 e. The number of carbonyl (C=O) groups is 1. The fourth-order valence-corrected chi connectivity index (χ4v) is 6.11. The zero-order chi connectivity index (χ0) is 24.9. The van der Waals surface area contributed by atoms with Crippen LogP contribution in [0.3, 0.4) is 0 Å². The van der Waals surface area contributed by atoms with E-state index in [1.165, 1.54) is 10.6 Å². The first-order valence-corrected chi connectivity index (χ1v) is 11.8. The number of hydrogen-bond acceptors (Lipinski definition) is 5. The molecule has 1 aromatic heterocycles. The van der Waals surface area contributed by atoms with Crippen molar-refractivity contribution in [3.8, 4) is 0 Å². The van der Waals surface area contributed by atoms with Gasteiger partial charge in [-0.2, -0.15) is 18.2 Å². The maximum atomic E-state index is 14.4. The van der Waals surface area contributed by atoms with Crippen LogP contribution in [0.25, 0.3) is 16.7 Å². The summed E-state index contributed by atoms with van der Waals surface area (Å²) in [6.45, 7) is 11.1. The highest BCUT2D eigenvalue weighted by Crippen LogP contribution is 2.46. The Kier molecular flexibility index (Phi) is 6.26. The van der Waals surface area contributed by atoms with E-state index >= 15 is 0 Å². The molecule has 11 heteroatoms. The van der Waals surface area contributed by atoms with E-state index in [0.29, 0.717) is 12.2 Å². The van der Waals surface area contributed by atoms with Gasteiger partial charge in [-0.3, -0.25) is 9.36 Å². The Morgan fingerprint density at radius 3 is 2.47 bits per heavy atom. The molecule has 1 amide bonds. The third-order valence-corrected chi connectivity index (χ3v) is 7.37. The Labute approximate surface area is 197 Å². The van der Waals surface area contributed by atoms with E-state index in [0.717, 1.165) is 17.8 Å². The molecule has 0 spiro atoms. The van der Waals surface area contributed by atoms with Crippen LogP contribution in [0.4, 0.5) is 23.4 Å². The number of aromatic nitrogens is 2. The minimum Gasteiger partial charge on any atom is -0.352 e. The number of anilines is 1. The van der Waals surface area contributed by atoms with E-state index in [2.05, 4.69) is 18.1 Å². The van der Waals surface area contributed by atoms with Crippen LogP contribution in [0.1, 0.15) is 31.4 Å². The van der Waals surface area contributed by atoms with Crippen LogP contribution in [0, 0.1) is 0 Å². The van der Waals surface area contributed by atoms with E-state index in [4.69, 9.17) is 0 Å². The number of thioether (sulfide) groups is 1. The van der Waals surface area contributed by atoms with Crippen molar-refractivity contribution in [3.05, 3.63) is 46.9 Å². The molecule has 34 heavy (non-hydrogen) atoms. The normalized spacial score (nSPS) is 20.9. The van der Waals surface area contributed by atoms with Gasteiger partial charge in [0.05, 0.1) is 11.1 Å². The first kappa shape index (κ1) is 24.3. The molecule has 0 bridgehead atoms. The van der Waals surface area contributed by atoms with Gasteiger partial charge in [0.15, 0.2) is 0 Å². The van der Waals surface area contributed by atoms with Gasteiger partial charge < -0.3 is 9.80 Å². The van der Waals surface area contributed by atoms with Gasteiger partial charge in [-0.15, -0.1) is 11.8 Å². The van der Waals surface area contributed by atoms with Crippen LogP contribution < -0.4 is 10.6 Å². The van der Waals surface area contributed by atoms with Crippen LogP contribution >= 0.6 is 11.8 Å². The topological polar surface area (TPSA) is 58.4 Å². The smallest absolute Gasteiger partial charge is 0.352 e. The second kappa shape index (κ2) is 8.75. The van der Waals surface area contributed by atoms with Gasteiger partial charge >= 0.3 is 11.9 Å². The SMILES string of the molecule is C=CC(=O)N1C(C)CN(c2nc(=O)n3c4c(c(C(=C)F)c(C(F)(F)F)cc24)SCCC3)CC1C. The zero-order valence-electron chi connectivity index (χ0n) is 18.8. The van der Waals surface area contributed by atoms with Gasteiger partial charge in [0, 0.05) is 47.6 Å². The molecule has 0 saturated carbocycles. The van der Waals surface area contributed by atoms with E-state index in [9.17, 15) is 27.2 Å².